The van der Waals surface area contributed by atoms with Crippen LogP contribution in [0.3, 0.4) is 0 Å². The standard InChI is InChI=1S/C33H31N3O9/c1-3-33(45-28(38)13-12-27(37)34-16-29(39)44-26-11-7-6-10-25(26)42-2)22-15-24-30-20(14-19-8-4-5-9-23(19)35-30)17-36(24)31(40)21(22)18-43-32(33)41/h4-11,14-15,30,35H,3,12-13,16-18H2,1-2H3,(H,34,37)/t30?,33-/m0/s1. The minimum Gasteiger partial charge on any atom is -0.493 e. The number of amides is 1. The van der Waals surface area contributed by atoms with Gasteiger partial charge in [-0.1, -0.05) is 37.3 Å². The molecule has 0 radical (unpaired) electrons. The number of esters is 3. The number of hydrogen-bond acceptors (Lipinski definition) is 10. The fourth-order valence-corrected chi connectivity index (χ4v) is 5.93. The summed E-state index contributed by atoms with van der Waals surface area (Å²) in [7, 11) is 1.44. The van der Waals surface area contributed by atoms with Gasteiger partial charge in [-0.25, -0.2) is 9.59 Å². The first kappa shape index (κ1) is 29.7. The van der Waals surface area contributed by atoms with Crippen LogP contribution in [-0.2, 0) is 47.4 Å². The molecule has 2 N–H and O–H groups in total. The number of fused-ring (bicyclic) bond motifs is 5. The molecule has 0 spiro atoms. The van der Waals surface area contributed by atoms with Crippen LogP contribution in [0.25, 0.3) is 6.08 Å². The average molecular weight is 614 g/mol. The highest BCUT2D eigenvalue weighted by molar-refractivity contribution is 5.89. The Kier molecular flexibility index (Phi) is 7.88. The van der Waals surface area contributed by atoms with E-state index in [-0.39, 0.29) is 54.3 Å². The van der Waals surface area contributed by atoms with Crippen molar-refractivity contribution < 1.29 is 38.1 Å². The number of pyridine rings is 1. The van der Waals surface area contributed by atoms with E-state index in [4.69, 9.17) is 18.9 Å². The lowest BCUT2D eigenvalue weighted by Crippen LogP contribution is -2.47. The van der Waals surface area contributed by atoms with Crippen LogP contribution >= 0.6 is 0 Å². The monoisotopic (exact) mass is 613 g/mol. The molecule has 232 valence electrons. The Hall–Kier alpha value is -5.39. The summed E-state index contributed by atoms with van der Waals surface area (Å²) in [6.45, 7) is 1.36. The first-order valence-corrected chi connectivity index (χ1v) is 14.6. The van der Waals surface area contributed by atoms with Crippen LogP contribution in [0.15, 0.2) is 65.0 Å². The van der Waals surface area contributed by atoms with Crippen LogP contribution in [0.4, 0.5) is 5.69 Å². The summed E-state index contributed by atoms with van der Waals surface area (Å²) in [6.07, 6.45) is 1.38. The summed E-state index contributed by atoms with van der Waals surface area (Å²) in [5.41, 5.74) is 1.95. The normalized spacial score (nSPS) is 18.9. The summed E-state index contributed by atoms with van der Waals surface area (Å²) in [6, 6.07) is 15.8. The highest BCUT2D eigenvalue weighted by Gasteiger charge is 2.50. The third-order valence-electron chi connectivity index (χ3n) is 8.22. The first-order valence-electron chi connectivity index (χ1n) is 14.6. The number of nitrogens with zero attached hydrogens (tertiary/aromatic N) is 1. The van der Waals surface area contributed by atoms with Gasteiger partial charge in [0, 0.05) is 29.9 Å². The minimum atomic E-state index is -1.85. The Balaban J connectivity index is 1.14. The molecular weight excluding hydrogens is 582 g/mol. The van der Waals surface area contributed by atoms with Crippen molar-refractivity contribution in [2.45, 2.75) is 51.0 Å². The molecule has 1 unspecified atom stereocenters. The Bertz CT molecular complexity index is 1810. The molecule has 1 amide bonds. The van der Waals surface area contributed by atoms with Gasteiger partial charge in [-0.05, 0) is 47.9 Å². The Morgan fingerprint density at radius 1 is 1.04 bits per heavy atom. The van der Waals surface area contributed by atoms with Gasteiger partial charge >= 0.3 is 17.9 Å². The number of hydrogen-bond donors (Lipinski definition) is 2. The van der Waals surface area contributed by atoms with E-state index in [1.54, 1.807) is 41.8 Å². The summed E-state index contributed by atoms with van der Waals surface area (Å²) in [4.78, 5) is 64.6. The van der Waals surface area contributed by atoms with Gasteiger partial charge in [0.1, 0.15) is 13.2 Å². The molecule has 45 heavy (non-hydrogen) atoms. The smallest absolute Gasteiger partial charge is 0.355 e. The van der Waals surface area contributed by atoms with E-state index in [0.29, 0.717) is 18.0 Å². The zero-order chi connectivity index (χ0) is 31.7. The van der Waals surface area contributed by atoms with Crippen LogP contribution < -0.4 is 25.7 Å². The van der Waals surface area contributed by atoms with Gasteiger partial charge in [0.15, 0.2) is 11.5 Å². The second kappa shape index (κ2) is 11.9. The molecule has 0 aliphatic carbocycles. The van der Waals surface area contributed by atoms with Crippen molar-refractivity contribution in [3.05, 3.63) is 92.9 Å². The Morgan fingerprint density at radius 3 is 2.58 bits per heavy atom. The molecule has 0 bridgehead atoms. The number of carbonyl (C=O) groups excluding carboxylic acids is 4. The Morgan fingerprint density at radius 2 is 1.80 bits per heavy atom. The molecule has 3 aromatic rings. The maximum atomic E-state index is 13.7. The second-order valence-electron chi connectivity index (χ2n) is 10.9. The van der Waals surface area contributed by atoms with Crippen molar-refractivity contribution in [2.75, 3.05) is 19.0 Å². The molecule has 3 aliphatic heterocycles. The molecule has 2 aromatic carbocycles. The van der Waals surface area contributed by atoms with Crippen molar-refractivity contribution in [3.8, 4) is 11.5 Å². The highest BCUT2D eigenvalue weighted by Crippen LogP contribution is 2.43. The van der Waals surface area contributed by atoms with Gasteiger partial charge in [-0.15, -0.1) is 0 Å². The fourth-order valence-electron chi connectivity index (χ4n) is 5.93. The lowest BCUT2D eigenvalue weighted by molar-refractivity contribution is -0.189. The summed E-state index contributed by atoms with van der Waals surface area (Å²) >= 11 is 0. The molecule has 6 rings (SSSR count). The van der Waals surface area contributed by atoms with Gasteiger partial charge in [0.05, 0.1) is 25.1 Å². The van der Waals surface area contributed by atoms with E-state index in [1.807, 2.05) is 24.3 Å². The number of carbonyl (C=O) groups is 4. The second-order valence-corrected chi connectivity index (χ2v) is 10.9. The van der Waals surface area contributed by atoms with E-state index in [1.165, 1.54) is 7.11 Å². The maximum absolute atomic E-state index is 13.7. The molecule has 4 heterocycles. The van der Waals surface area contributed by atoms with Crippen molar-refractivity contribution in [2.24, 2.45) is 0 Å². The summed E-state index contributed by atoms with van der Waals surface area (Å²) in [5.74, 6) is -2.38. The number of ether oxygens (including phenoxy) is 4. The van der Waals surface area contributed by atoms with Crippen molar-refractivity contribution in [1.82, 2.24) is 9.88 Å². The van der Waals surface area contributed by atoms with E-state index in [9.17, 15) is 24.0 Å². The number of anilines is 1. The zero-order valence-corrected chi connectivity index (χ0v) is 24.7. The van der Waals surface area contributed by atoms with Gasteiger partial charge in [0.25, 0.3) is 5.56 Å². The first-order chi connectivity index (χ1) is 21.7. The SMILES string of the molecule is CC[C@@]1(OC(=O)CCC(=O)NCC(=O)Oc2ccccc2OC)C(=O)OCc2c1cc1n(c2=O)CC2=Cc3ccccc3NC21. The topological polar surface area (TPSA) is 151 Å². The van der Waals surface area contributed by atoms with Crippen molar-refractivity contribution in [1.29, 1.82) is 0 Å². The number of rotatable bonds is 9. The molecule has 0 fully saturated rings. The number of benzene rings is 2. The van der Waals surface area contributed by atoms with Gasteiger partial charge in [0.2, 0.25) is 11.5 Å². The van der Waals surface area contributed by atoms with E-state index in [2.05, 4.69) is 16.7 Å². The molecule has 0 saturated heterocycles. The molecular formula is C33H31N3O9. The third kappa shape index (κ3) is 5.43. The lowest BCUT2D eigenvalue weighted by Gasteiger charge is -2.36. The molecule has 1 aromatic heterocycles. The molecule has 12 heteroatoms. The van der Waals surface area contributed by atoms with E-state index >= 15 is 0 Å². The number of cyclic esters (lactones) is 1. The van der Waals surface area contributed by atoms with Crippen molar-refractivity contribution >= 4 is 35.6 Å². The van der Waals surface area contributed by atoms with E-state index < -0.39 is 36.0 Å². The zero-order valence-electron chi connectivity index (χ0n) is 24.7. The van der Waals surface area contributed by atoms with Crippen LogP contribution in [0.2, 0.25) is 0 Å². The highest BCUT2D eigenvalue weighted by atomic mass is 16.6. The molecule has 0 saturated carbocycles. The number of para-hydroxylation sites is 3. The number of nitrogens with one attached hydrogen (secondary N) is 2. The predicted octanol–water partition coefficient (Wildman–Crippen LogP) is 3.13. The summed E-state index contributed by atoms with van der Waals surface area (Å²) < 4.78 is 23.2. The molecule has 3 aliphatic rings. The lowest BCUT2D eigenvalue weighted by atomic mass is 9.85. The largest absolute Gasteiger partial charge is 0.493 e. The number of methoxy groups -OCH3 is 1. The number of aromatic nitrogens is 1. The van der Waals surface area contributed by atoms with Crippen LogP contribution in [0.5, 0.6) is 11.5 Å². The molecule has 12 nitrogen and oxygen atoms in total. The van der Waals surface area contributed by atoms with Crippen LogP contribution in [0, 0.1) is 0 Å². The van der Waals surface area contributed by atoms with Crippen molar-refractivity contribution in [3.63, 3.8) is 0 Å². The maximum Gasteiger partial charge on any atom is 0.355 e. The molecule has 2 atom stereocenters. The summed E-state index contributed by atoms with van der Waals surface area (Å²) in [5, 5.41) is 5.89. The fraction of sp³-hybridized carbons (Fsp3) is 0.303. The van der Waals surface area contributed by atoms with Gasteiger partial charge < -0.3 is 34.1 Å². The van der Waals surface area contributed by atoms with Crippen LogP contribution in [0.1, 0.15) is 54.6 Å². The average Bonchev–Trinajstić information content (AvgIpc) is 3.41. The van der Waals surface area contributed by atoms with Gasteiger partial charge in [-0.3, -0.25) is 14.4 Å². The predicted molar refractivity (Wildman–Crippen MR) is 160 cm³/mol. The van der Waals surface area contributed by atoms with Crippen LogP contribution in [-0.4, -0.2) is 42.0 Å². The van der Waals surface area contributed by atoms with Gasteiger partial charge in [-0.2, -0.15) is 0 Å². The Labute approximate surface area is 257 Å². The quantitative estimate of drug-likeness (QED) is 0.272. The van der Waals surface area contributed by atoms with E-state index in [0.717, 1.165) is 16.8 Å². The minimum absolute atomic E-state index is 0.0120. The third-order valence-corrected chi connectivity index (χ3v) is 8.22.